The molecule has 0 heterocycles. The summed E-state index contributed by atoms with van der Waals surface area (Å²) in [4.78, 5) is 45.6. The maximum Gasteiger partial charge on any atom is 0.471 e. The Balaban J connectivity index is 4.58. The van der Waals surface area contributed by atoms with Crippen molar-refractivity contribution in [2.45, 2.75) is 192 Å². The summed E-state index contributed by atoms with van der Waals surface area (Å²) in [6, 6.07) is 0. The molecule has 0 aromatic rings. The van der Waals surface area contributed by atoms with Gasteiger partial charge in [0.1, 0.15) is 6.10 Å². The number of ketones is 2. The van der Waals surface area contributed by atoms with Crippen LogP contribution in [0.5, 0.6) is 0 Å². The van der Waals surface area contributed by atoms with E-state index in [4.69, 9.17) is 4.52 Å². The van der Waals surface area contributed by atoms with Crippen molar-refractivity contribution in [2.75, 3.05) is 6.61 Å². The van der Waals surface area contributed by atoms with E-state index in [1.54, 1.807) is 0 Å². The Hall–Kier alpha value is -0.890. The average Bonchev–Trinajstić information content (AvgIpc) is 2.99. The van der Waals surface area contributed by atoms with Gasteiger partial charge in [-0.25, -0.2) is 4.57 Å². The van der Waals surface area contributed by atoms with Crippen LogP contribution < -0.4 is 0 Å². The normalized spacial score (nSPS) is 14.2. The fourth-order valence-electron chi connectivity index (χ4n) is 5.68. The van der Waals surface area contributed by atoms with E-state index in [1.165, 1.54) is 77.0 Å². The smallest absolute Gasteiger partial charge is 0.394 e. The number of allylic oxidation sites excluding steroid dienone is 2. The summed E-state index contributed by atoms with van der Waals surface area (Å²) in [7, 11) is -5.32. The standard InChI is InChI=1S/C35H67O8P/c1-3-5-7-9-11-13-15-16-17-18-20-22-24-26-28-30-33(38)35(34(39)31-36,43-44(40,41)42)32(37)29-27-25-23-21-19-14-12-10-8-6-4-2/h16-17,34,36,39H,3-15,18-31H2,1-2H3,(H2,40,41,42)/b17-16-. The first-order chi connectivity index (χ1) is 21.2. The maximum absolute atomic E-state index is 13.3. The molecule has 0 rings (SSSR count). The van der Waals surface area contributed by atoms with Gasteiger partial charge in [-0.15, -0.1) is 0 Å². The molecule has 260 valence electrons. The van der Waals surface area contributed by atoms with Crippen LogP contribution in [0, 0.1) is 0 Å². The Morgan fingerprint density at radius 1 is 0.614 bits per heavy atom. The van der Waals surface area contributed by atoms with Crippen molar-refractivity contribution >= 4 is 19.4 Å². The molecule has 0 aliphatic rings. The zero-order chi connectivity index (χ0) is 32.9. The minimum absolute atomic E-state index is 0.161. The van der Waals surface area contributed by atoms with Gasteiger partial charge in [0.25, 0.3) is 0 Å². The summed E-state index contributed by atoms with van der Waals surface area (Å²) in [5.41, 5.74) is -2.76. The molecule has 2 unspecified atom stereocenters. The van der Waals surface area contributed by atoms with Crippen molar-refractivity contribution in [3.63, 3.8) is 0 Å². The number of aliphatic hydroxyl groups excluding tert-OH is 2. The lowest BCUT2D eigenvalue weighted by molar-refractivity contribution is -0.164. The minimum atomic E-state index is -5.32. The highest BCUT2D eigenvalue weighted by Crippen LogP contribution is 2.44. The van der Waals surface area contributed by atoms with Gasteiger partial charge >= 0.3 is 7.82 Å². The Bertz CT molecular complexity index is 781. The number of unbranched alkanes of at least 4 members (excludes halogenated alkanes) is 21. The van der Waals surface area contributed by atoms with E-state index in [1.807, 2.05) is 0 Å². The van der Waals surface area contributed by atoms with Gasteiger partial charge in [0.2, 0.25) is 5.60 Å². The molecule has 0 saturated carbocycles. The van der Waals surface area contributed by atoms with Crippen LogP contribution in [0.15, 0.2) is 12.2 Å². The Morgan fingerprint density at radius 2 is 0.932 bits per heavy atom. The summed E-state index contributed by atoms with van der Waals surface area (Å²) in [5.74, 6) is -1.76. The lowest BCUT2D eigenvalue weighted by Crippen LogP contribution is -2.58. The van der Waals surface area contributed by atoms with Gasteiger partial charge in [-0.1, -0.05) is 142 Å². The number of aliphatic hydroxyl groups is 2. The van der Waals surface area contributed by atoms with Crippen LogP contribution in [-0.4, -0.2) is 49.9 Å². The van der Waals surface area contributed by atoms with Crippen LogP contribution in [0.1, 0.15) is 181 Å². The third kappa shape index (κ3) is 21.8. The summed E-state index contributed by atoms with van der Waals surface area (Å²) in [6.45, 7) is 3.40. The summed E-state index contributed by atoms with van der Waals surface area (Å²) < 4.78 is 16.6. The first kappa shape index (κ1) is 43.1. The predicted molar refractivity (Wildman–Crippen MR) is 179 cm³/mol. The van der Waals surface area contributed by atoms with Gasteiger partial charge in [-0.05, 0) is 38.5 Å². The van der Waals surface area contributed by atoms with Crippen LogP contribution in [0.25, 0.3) is 0 Å². The molecule has 0 aliphatic heterocycles. The second kappa shape index (κ2) is 28.3. The van der Waals surface area contributed by atoms with E-state index in [-0.39, 0.29) is 12.8 Å². The number of hydrogen-bond donors (Lipinski definition) is 4. The fraction of sp³-hybridized carbons (Fsp3) is 0.886. The zero-order valence-corrected chi connectivity index (χ0v) is 29.1. The van der Waals surface area contributed by atoms with E-state index in [9.17, 15) is 34.2 Å². The molecule has 4 N–H and O–H groups in total. The van der Waals surface area contributed by atoms with Crippen molar-refractivity contribution in [1.82, 2.24) is 0 Å². The quantitative estimate of drug-likeness (QED) is 0.0239. The van der Waals surface area contributed by atoms with Crippen molar-refractivity contribution in [3.05, 3.63) is 12.2 Å². The third-order valence-corrected chi connectivity index (χ3v) is 8.93. The largest absolute Gasteiger partial charge is 0.471 e. The fourth-order valence-corrected chi connectivity index (χ4v) is 6.38. The minimum Gasteiger partial charge on any atom is -0.394 e. The monoisotopic (exact) mass is 646 g/mol. The van der Waals surface area contributed by atoms with Gasteiger partial charge in [0.15, 0.2) is 11.6 Å². The molecule has 0 aromatic carbocycles. The average molecular weight is 647 g/mol. The molecular formula is C35H67O8P. The molecule has 0 aromatic heterocycles. The molecule has 8 nitrogen and oxygen atoms in total. The highest BCUT2D eigenvalue weighted by Gasteiger charge is 2.55. The molecule has 9 heteroatoms. The lowest BCUT2D eigenvalue weighted by atomic mass is 9.82. The Kier molecular flexibility index (Phi) is 27.8. The molecule has 0 spiro atoms. The van der Waals surface area contributed by atoms with Crippen molar-refractivity contribution in [1.29, 1.82) is 0 Å². The number of carbonyl (C=O) groups excluding carboxylic acids is 2. The molecule has 0 fully saturated rings. The van der Waals surface area contributed by atoms with E-state index < -0.39 is 37.7 Å². The van der Waals surface area contributed by atoms with Crippen molar-refractivity contribution < 1.29 is 38.7 Å². The zero-order valence-electron chi connectivity index (χ0n) is 28.2. The van der Waals surface area contributed by atoms with Gasteiger partial charge in [0.05, 0.1) is 6.61 Å². The molecule has 44 heavy (non-hydrogen) atoms. The first-order valence-electron chi connectivity index (χ1n) is 17.9. The lowest BCUT2D eigenvalue weighted by Gasteiger charge is -2.34. The highest BCUT2D eigenvalue weighted by atomic mass is 31.2. The molecule has 0 aliphatic carbocycles. The van der Waals surface area contributed by atoms with Crippen LogP contribution in [0.4, 0.5) is 0 Å². The topological polar surface area (TPSA) is 141 Å². The number of phosphoric ester groups is 1. The Labute approximate surface area is 269 Å². The molecule has 0 amide bonds. The van der Waals surface area contributed by atoms with Crippen LogP contribution in [0.3, 0.4) is 0 Å². The predicted octanol–water partition coefficient (Wildman–Crippen LogP) is 9.06. The summed E-state index contributed by atoms with van der Waals surface area (Å²) in [5, 5.41) is 20.1. The third-order valence-electron chi connectivity index (χ3n) is 8.41. The van der Waals surface area contributed by atoms with E-state index >= 15 is 0 Å². The molecular weight excluding hydrogens is 579 g/mol. The number of Topliss-reactive ketones (excluding diaryl/α,β-unsaturated/α-hetero) is 2. The van der Waals surface area contributed by atoms with E-state index in [2.05, 4.69) is 26.0 Å². The van der Waals surface area contributed by atoms with E-state index in [0.717, 1.165) is 57.8 Å². The number of hydrogen-bond acceptors (Lipinski definition) is 6. The van der Waals surface area contributed by atoms with Gasteiger partial charge < -0.3 is 20.0 Å². The van der Waals surface area contributed by atoms with Gasteiger partial charge in [-0.3, -0.25) is 14.1 Å². The molecule has 2 atom stereocenters. The number of carbonyl (C=O) groups is 2. The van der Waals surface area contributed by atoms with Crippen molar-refractivity contribution in [2.24, 2.45) is 0 Å². The SMILES string of the molecule is CCCCCCCC/C=C\CCCCCCCC(=O)C(OP(=O)(O)O)(C(=O)CCCCCCCCCCCCC)C(O)CO. The van der Waals surface area contributed by atoms with Gasteiger partial charge in [0, 0.05) is 12.8 Å². The number of phosphoric acid groups is 1. The van der Waals surface area contributed by atoms with Crippen LogP contribution in [-0.2, 0) is 18.7 Å². The summed E-state index contributed by atoms with van der Waals surface area (Å²) in [6.07, 6.45) is 27.8. The Morgan fingerprint density at radius 3 is 1.25 bits per heavy atom. The first-order valence-corrected chi connectivity index (χ1v) is 19.5. The highest BCUT2D eigenvalue weighted by molar-refractivity contribution is 7.46. The van der Waals surface area contributed by atoms with Crippen LogP contribution >= 0.6 is 7.82 Å². The van der Waals surface area contributed by atoms with Crippen LogP contribution in [0.2, 0.25) is 0 Å². The maximum atomic E-state index is 13.3. The summed E-state index contributed by atoms with van der Waals surface area (Å²) >= 11 is 0. The molecule has 0 bridgehead atoms. The second-order valence-electron chi connectivity index (χ2n) is 12.5. The van der Waals surface area contributed by atoms with Gasteiger partial charge in [-0.2, -0.15) is 0 Å². The second-order valence-corrected chi connectivity index (χ2v) is 13.6. The van der Waals surface area contributed by atoms with Crippen molar-refractivity contribution in [3.8, 4) is 0 Å². The molecule has 0 radical (unpaired) electrons. The number of rotatable bonds is 33. The van der Waals surface area contributed by atoms with E-state index in [0.29, 0.717) is 19.3 Å². The molecule has 0 saturated heterocycles.